The number of phenolic OH excluding ortho intramolecular Hbond substituents is 1. The van der Waals surface area contributed by atoms with Crippen LogP contribution in [0.2, 0.25) is 0 Å². The number of aromatic hydroxyl groups is 1. The number of benzene rings is 2. The summed E-state index contributed by atoms with van der Waals surface area (Å²) >= 11 is 0. The van der Waals surface area contributed by atoms with Crippen molar-refractivity contribution in [3.8, 4) is 11.5 Å². The zero-order chi connectivity index (χ0) is 11.5. The molecule has 0 aromatic heterocycles. The van der Waals surface area contributed by atoms with Crippen LogP contribution in [0, 0.1) is 0 Å². The molecule has 0 aliphatic carbocycles. The van der Waals surface area contributed by atoms with Crippen LogP contribution in [-0.4, -0.2) is 22.9 Å². The summed E-state index contributed by atoms with van der Waals surface area (Å²) in [4.78, 5) is 0. The van der Waals surface area contributed by atoms with E-state index < -0.39 is 6.10 Å². The van der Waals surface area contributed by atoms with Crippen LogP contribution in [0.3, 0.4) is 0 Å². The van der Waals surface area contributed by atoms with Gasteiger partial charge in [-0.15, -0.1) is 0 Å². The third-order valence-electron chi connectivity index (χ3n) is 2.31. The standard InChI is InChI=1S/C13H14O3/c1-9(14)8-16-13-7-11-5-3-2-4-10(11)6-12(13)15/h2-7,9,14-15H,8H2,1H3. The number of aliphatic hydroxyl groups is 1. The maximum atomic E-state index is 9.71. The largest absolute Gasteiger partial charge is 0.504 e. The first kappa shape index (κ1) is 10.8. The lowest BCUT2D eigenvalue weighted by Crippen LogP contribution is -2.12. The summed E-state index contributed by atoms with van der Waals surface area (Å²) in [7, 11) is 0. The van der Waals surface area contributed by atoms with Crippen molar-refractivity contribution < 1.29 is 14.9 Å². The molecule has 0 spiro atoms. The molecule has 0 aliphatic rings. The summed E-state index contributed by atoms with van der Waals surface area (Å²) < 4.78 is 5.31. The van der Waals surface area contributed by atoms with E-state index in [-0.39, 0.29) is 12.4 Å². The van der Waals surface area contributed by atoms with Gasteiger partial charge in [-0.2, -0.15) is 0 Å². The number of aliphatic hydroxyl groups excluding tert-OH is 1. The summed E-state index contributed by atoms with van der Waals surface area (Å²) in [5.74, 6) is 0.499. The third-order valence-corrected chi connectivity index (χ3v) is 2.31. The average molecular weight is 218 g/mol. The van der Waals surface area contributed by atoms with E-state index in [2.05, 4.69) is 0 Å². The highest BCUT2D eigenvalue weighted by molar-refractivity contribution is 5.85. The molecule has 2 N–H and O–H groups in total. The SMILES string of the molecule is CC(O)COc1cc2ccccc2cc1O. The van der Waals surface area contributed by atoms with Gasteiger partial charge in [0.15, 0.2) is 11.5 Å². The van der Waals surface area contributed by atoms with Crippen LogP contribution >= 0.6 is 0 Å². The molecule has 0 amide bonds. The van der Waals surface area contributed by atoms with Gasteiger partial charge in [-0.05, 0) is 29.8 Å². The van der Waals surface area contributed by atoms with Gasteiger partial charge in [-0.25, -0.2) is 0 Å². The van der Waals surface area contributed by atoms with E-state index in [4.69, 9.17) is 9.84 Å². The maximum Gasteiger partial charge on any atom is 0.161 e. The Labute approximate surface area is 93.9 Å². The molecule has 84 valence electrons. The van der Waals surface area contributed by atoms with E-state index in [0.717, 1.165) is 10.8 Å². The van der Waals surface area contributed by atoms with E-state index >= 15 is 0 Å². The van der Waals surface area contributed by atoms with Crippen LogP contribution < -0.4 is 4.74 Å². The highest BCUT2D eigenvalue weighted by Gasteiger charge is 2.06. The van der Waals surface area contributed by atoms with Crippen molar-refractivity contribution in [2.75, 3.05) is 6.61 Å². The molecular weight excluding hydrogens is 204 g/mol. The summed E-state index contributed by atoms with van der Waals surface area (Å²) in [5, 5.41) is 20.8. The Balaban J connectivity index is 2.34. The molecule has 0 fully saturated rings. The van der Waals surface area contributed by atoms with Crippen molar-refractivity contribution in [1.29, 1.82) is 0 Å². The molecule has 0 bridgehead atoms. The van der Waals surface area contributed by atoms with Crippen molar-refractivity contribution in [2.24, 2.45) is 0 Å². The molecule has 2 rings (SSSR count). The number of fused-ring (bicyclic) bond motifs is 1. The first-order valence-electron chi connectivity index (χ1n) is 5.19. The van der Waals surface area contributed by atoms with Crippen LogP contribution in [0.1, 0.15) is 6.92 Å². The number of rotatable bonds is 3. The minimum atomic E-state index is -0.550. The Morgan fingerprint density at radius 3 is 2.44 bits per heavy atom. The molecule has 0 saturated heterocycles. The summed E-state index contributed by atoms with van der Waals surface area (Å²) in [5.41, 5.74) is 0. The van der Waals surface area contributed by atoms with Gasteiger partial charge in [0.2, 0.25) is 0 Å². The molecule has 3 nitrogen and oxygen atoms in total. The van der Waals surface area contributed by atoms with E-state index in [9.17, 15) is 5.11 Å². The van der Waals surface area contributed by atoms with Gasteiger partial charge in [0.25, 0.3) is 0 Å². The van der Waals surface area contributed by atoms with Gasteiger partial charge in [-0.3, -0.25) is 0 Å². The minimum absolute atomic E-state index is 0.0966. The summed E-state index contributed by atoms with van der Waals surface area (Å²) in [6, 6.07) is 11.1. The second-order valence-electron chi connectivity index (χ2n) is 3.83. The lowest BCUT2D eigenvalue weighted by Gasteiger charge is -2.10. The molecule has 2 aromatic carbocycles. The number of ether oxygens (including phenoxy) is 1. The van der Waals surface area contributed by atoms with E-state index in [1.165, 1.54) is 0 Å². The molecular formula is C13H14O3. The number of phenols is 1. The predicted molar refractivity (Wildman–Crippen MR) is 62.8 cm³/mol. The fourth-order valence-corrected chi connectivity index (χ4v) is 1.53. The summed E-state index contributed by atoms with van der Waals surface area (Å²) in [6.07, 6.45) is -0.550. The molecule has 1 atom stereocenters. The molecule has 0 aliphatic heterocycles. The first-order valence-corrected chi connectivity index (χ1v) is 5.19. The topological polar surface area (TPSA) is 49.7 Å². The van der Waals surface area contributed by atoms with Crippen LogP contribution in [0.25, 0.3) is 10.8 Å². The fourth-order valence-electron chi connectivity index (χ4n) is 1.53. The van der Waals surface area contributed by atoms with Crippen LogP contribution in [-0.2, 0) is 0 Å². The highest BCUT2D eigenvalue weighted by Crippen LogP contribution is 2.31. The smallest absolute Gasteiger partial charge is 0.161 e. The van der Waals surface area contributed by atoms with Crippen molar-refractivity contribution in [1.82, 2.24) is 0 Å². The van der Waals surface area contributed by atoms with Gasteiger partial charge < -0.3 is 14.9 Å². The van der Waals surface area contributed by atoms with Crippen LogP contribution in [0.5, 0.6) is 11.5 Å². The van der Waals surface area contributed by atoms with Gasteiger partial charge >= 0.3 is 0 Å². The molecule has 1 unspecified atom stereocenters. The van der Waals surface area contributed by atoms with Crippen LogP contribution in [0.15, 0.2) is 36.4 Å². The molecule has 0 saturated carbocycles. The Kier molecular flexibility index (Phi) is 2.97. The Hall–Kier alpha value is -1.74. The lowest BCUT2D eigenvalue weighted by atomic mass is 10.1. The van der Waals surface area contributed by atoms with Crippen molar-refractivity contribution in [2.45, 2.75) is 13.0 Å². The van der Waals surface area contributed by atoms with Gasteiger partial charge in [0.1, 0.15) is 6.61 Å². The molecule has 2 aromatic rings. The van der Waals surface area contributed by atoms with E-state index in [1.807, 2.05) is 24.3 Å². The monoisotopic (exact) mass is 218 g/mol. The Morgan fingerprint density at radius 1 is 1.19 bits per heavy atom. The van der Waals surface area contributed by atoms with Crippen LogP contribution in [0.4, 0.5) is 0 Å². The minimum Gasteiger partial charge on any atom is -0.504 e. The summed E-state index contributed by atoms with van der Waals surface area (Å²) in [6.45, 7) is 1.81. The quantitative estimate of drug-likeness (QED) is 0.831. The Morgan fingerprint density at radius 2 is 1.81 bits per heavy atom. The Bertz CT molecular complexity index is 492. The van der Waals surface area contributed by atoms with Crippen molar-refractivity contribution >= 4 is 10.8 Å². The van der Waals surface area contributed by atoms with Gasteiger partial charge in [0, 0.05) is 0 Å². The zero-order valence-electron chi connectivity index (χ0n) is 9.05. The molecule has 0 radical (unpaired) electrons. The number of hydrogen-bond acceptors (Lipinski definition) is 3. The molecule has 3 heteroatoms. The van der Waals surface area contributed by atoms with Crippen molar-refractivity contribution in [3.05, 3.63) is 36.4 Å². The second-order valence-corrected chi connectivity index (χ2v) is 3.83. The molecule has 16 heavy (non-hydrogen) atoms. The maximum absolute atomic E-state index is 9.71. The fraction of sp³-hybridized carbons (Fsp3) is 0.231. The predicted octanol–water partition coefficient (Wildman–Crippen LogP) is 2.31. The van der Waals surface area contributed by atoms with Gasteiger partial charge in [-0.1, -0.05) is 24.3 Å². The first-order chi connectivity index (χ1) is 7.66. The van der Waals surface area contributed by atoms with E-state index in [0.29, 0.717) is 5.75 Å². The van der Waals surface area contributed by atoms with Crippen molar-refractivity contribution in [3.63, 3.8) is 0 Å². The average Bonchev–Trinajstić information content (AvgIpc) is 2.26. The third kappa shape index (κ3) is 2.25. The number of hydrogen-bond donors (Lipinski definition) is 2. The molecule has 0 heterocycles. The highest BCUT2D eigenvalue weighted by atomic mass is 16.5. The zero-order valence-corrected chi connectivity index (χ0v) is 9.05. The lowest BCUT2D eigenvalue weighted by molar-refractivity contribution is 0.121. The normalized spacial score (nSPS) is 12.6. The van der Waals surface area contributed by atoms with Gasteiger partial charge in [0.05, 0.1) is 6.10 Å². The second kappa shape index (κ2) is 4.41. The van der Waals surface area contributed by atoms with E-state index in [1.54, 1.807) is 19.1 Å².